The number of hydrogen-bond donors (Lipinski definition) is 3. The summed E-state index contributed by atoms with van der Waals surface area (Å²) < 4.78 is 22.8. The molecule has 1 unspecified atom stereocenters. The summed E-state index contributed by atoms with van der Waals surface area (Å²) in [5.41, 5.74) is 0. The molecule has 0 aliphatic heterocycles. The number of hydrogen-bond acceptors (Lipinski definition) is 5. The zero-order valence-electron chi connectivity index (χ0n) is 11.7. The zero-order valence-corrected chi connectivity index (χ0v) is 13.3. The molecule has 0 radical (unpaired) electrons. The fraction of sp³-hybridized carbons (Fsp3) is 0.818. The van der Waals surface area contributed by atoms with E-state index >= 15 is 0 Å². The van der Waals surface area contributed by atoms with Crippen LogP contribution >= 0.6 is 11.8 Å². The third-order valence-corrected chi connectivity index (χ3v) is 4.93. The maximum Gasteiger partial charge on any atom is 0.326 e. The lowest BCUT2D eigenvalue weighted by atomic mass is 10.2. The molecular formula is C11H22N2O5S2. The van der Waals surface area contributed by atoms with Gasteiger partial charge in [0.25, 0.3) is 0 Å². The fourth-order valence-corrected chi connectivity index (χ4v) is 3.15. The first-order chi connectivity index (χ1) is 9.32. The highest BCUT2D eigenvalue weighted by Crippen LogP contribution is 2.00. The van der Waals surface area contributed by atoms with Crippen LogP contribution in [0.25, 0.3) is 0 Å². The van der Waals surface area contributed by atoms with Crippen LogP contribution in [0, 0.1) is 0 Å². The van der Waals surface area contributed by atoms with Gasteiger partial charge in [-0.2, -0.15) is 11.8 Å². The highest BCUT2D eigenvalue weighted by atomic mass is 32.2. The van der Waals surface area contributed by atoms with Gasteiger partial charge in [0.1, 0.15) is 6.04 Å². The maximum atomic E-state index is 11.5. The van der Waals surface area contributed by atoms with Crippen LogP contribution < -0.4 is 10.6 Å². The first kappa shape index (κ1) is 19.0. The molecule has 7 nitrogen and oxygen atoms in total. The minimum absolute atomic E-state index is 0.0248. The SMILES string of the molecule is CCCS(=O)(=O)CCNC(=O)NC(CCSC)C(=O)O. The molecule has 0 spiro atoms. The average molecular weight is 326 g/mol. The van der Waals surface area contributed by atoms with E-state index in [-0.39, 0.29) is 18.1 Å². The van der Waals surface area contributed by atoms with Crippen LogP contribution in [0.2, 0.25) is 0 Å². The Morgan fingerprint density at radius 3 is 2.45 bits per heavy atom. The number of sulfone groups is 1. The number of urea groups is 1. The second kappa shape index (κ2) is 9.87. The summed E-state index contributed by atoms with van der Waals surface area (Å²) in [5.74, 6) is -0.548. The quantitative estimate of drug-likeness (QED) is 0.533. The molecule has 1 atom stereocenters. The Morgan fingerprint density at radius 1 is 1.30 bits per heavy atom. The van der Waals surface area contributed by atoms with Gasteiger partial charge in [-0.1, -0.05) is 6.92 Å². The average Bonchev–Trinajstić information content (AvgIpc) is 2.33. The van der Waals surface area contributed by atoms with Crippen molar-refractivity contribution in [3.05, 3.63) is 0 Å². The number of carboxylic acids is 1. The Kier molecular flexibility index (Phi) is 9.39. The number of nitrogens with one attached hydrogen (secondary N) is 2. The van der Waals surface area contributed by atoms with E-state index in [0.717, 1.165) is 0 Å². The normalized spacial score (nSPS) is 12.7. The van der Waals surface area contributed by atoms with Crippen molar-refractivity contribution >= 4 is 33.6 Å². The van der Waals surface area contributed by atoms with E-state index in [4.69, 9.17) is 5.11 Å². The molecule has 20 heavy (non-hydrogen) atoms. The summed E-state index contributed by atoms with van der Waals surface area (Å²) in [4.78, 5) is 22.4. The molecule has 0 aliphatic carbocycles. The van der Waals surface area contributed by atoms with E-state index in [1.54, 1.807) is 6.92 Å². The highest BCUT2D eigenvalue weighted by Gasteiger charge is 2.19. The van der Waals surface area contributed by atoms with Gasteiger partial charge < -0.3 is 15.7 Å². The van der Waals surface area contributed by atoms with Crippen molar-refractivity contribution in [3.63, 3.8) is 0 Å². The predicted molar refractivity (Wildman–Crippen MR) is 79.9 cm³/mol. The summed E-state index contributed by atoms with van der Waals surface area (Å²) in [5, 5.41) is 13.6. The molecule has 3 N–H and O–H groups in total. The van der Waals surface area contributed by atoms with Crippen molar-refractivity contribution in [2.24, 2.45) is 0 Å². The number of rotatable bonds is 10. The fourth-order valence-electron chi connectivity index (χ4n) is 1.44. The summed E-state index contributed by atoms with van der Waals surface area (Å²) in [6, 6.07) is -1.63. The monoisotopic (exact) mass is 326 g/mol. The van der Waals surface area contributed by atoms with E-state index in [1.807, 2.05) is 6.26 Å². The lowest BCUT2D eigenvalue weighted by Gasteiger charge is -2.14. The third kappa shape index (κ3) is 9.03. The molecule has 0 fully saturated rings. The van der Waals surface area contributed by atoms with Crippen LogP contribution in [0.15, 0.2) is 0 Å². The van der Waals surface area contributed by atoms with Gasteiger partial charge in [0.15, 0.2) is 9.84 Å². The second-order valence-corrected chi connectivity index (χ2v) is 7.51. The summed E-state index contributed by atoms with van der Waals surface area (Å²) in [7, 11) is -3.15. The van der Waals surface area contributed by atoms with Crippen LogP contribution in [0.1, 0.15) is 19.8 Å². The van der Waals surface area contributed by atoms with Crippen molar-refractivity contribution in [2.75, 3.05) is 30.1 Å². The smallest absolute Gasteiger partial charge is 0.326 e. The van der Waals surface area contributed by atoms with E-state index in [1.165, 1.54) is 11.8 Å². The molecule has 0 heterocycles. The van der Waals surface area contributed by atoms with E-state index < -0.39 is 27.9 Å². The van der Waals surface area contributed by atoms with Gasteiger partial charge in [0, 0.05) is 12.3 Å². The molecule has 9 heteroatoms. The number of carboxylic acid groups (broad SMARTS) is 1. The van der Waals surface area contributed by atoms with Crippen LogP contribution in [0.5, 0.6) is 0 Å². The van der Waals surface area contributed by atoms with Gasteiger partial charge >= 0.3 is 12.0 Å². The predicted octanol–water partition coefficient (Wildman–Crippen LogP) is 0.317. The molecular weight excluding hydrogens is 304 g/mol. The van der Waals surface area contributed by atoms with Gasteiger partial charge in [0.2, 0.25) is 0 Å². The van der Waals surface area contributed by atoms with Crippen LogP contribution in [0.3, 0.4) is 0 Å². The molecule has 0 aromatic heterocycles. The third-order valence-electron chi connectivity index (χ3n) is 2.43. The molecule has 0 aromatic rings. The minimum Gasteiger partial charge on any atom is -0.480 e. The topological polar surface area (TPSA) is 113 Å². The van der Waals surface area contributed by atoms with E-state index in [9.17, 15) is 18.0 Å². The van der Waals surface area contributed by atoms with Crippen LogP contribution in [-0.4, -0.2) is 61.6 Å². The first-order valence-corrected chi connectivity index (χ1v) is 9.50. The minimum atomic E-state index is -3.15. The number of aliphatic carboxylic acids is 1. The Labute approximate surface area is 123 Å². The lowest BCUT2D eigenvalue weighted by molar-refractivity contribution is -0.139. The molecule has 0 aliphatic rings. The van der Waals surface area contributed by atoms with Crippen molar-refractivity contribution in [1.29, 1.82) is 0 Å². The number of carbonyl (C=O) groups is 2. The maximum absolute atomic E-state index is 11.5. The van der Waals surface area contributed by atoms with Crippen molar-refractivity contribution in [2.45, 2.75) is 25.8 Å². The molecule has 0 aromatic carbocycles. The van der Waals surface area contributed by atoms with Crippen LogP contribution in [0.4, 0.5) is 4.79 Å². The Bertz CT molecular complexity index is 411. The van der Waals surface area contributed by atoms with Crippen LogP contribution in [-0.2, 0) is 14.6 Å². The first-order valence-electron chi connectivity index (χ1n) is 6.29. The molecule has 0 bridgehead atoms. The van der Waals surface area contributed by atoms with Gasteiger partial charge in [-0.3, -0.25) is 0 Å². The van der Waals surface area contributed by atoms with Gasteiger partial charge in [-0.25, -0.2) is 18.0 Å². The second-order valence-electron chi connectivity index (χ2n) is 4.22. The zero-order chi connectivity index (χ0) is 15.6. The standard InChI is InChI=1S/C11H22N2O5S2/c1-3-7-20(17,18)8-5-12-11(16)13-9(10(14)15)4-6-19-2/h9H,3-8H2,1-2H3,(H,14,15)(H2,12,13,16). The molecule has 0 saturated carbocycles. The molecule has 0 rings (SSSR count). The highest BCUT2D eigenvalue weighted by molar-refractivity contribution is 7.98. The van der Waals surface area contributed by atoms with E-state index in [0.29, 0.717) is 18.6 Å². The Morgan fingerprint density at radius 2 is 1.95 bits per heavy atom. The Balaban J connectivity index is 4.11. The number of amides is 2. The molecule has 118 valence electrons. The van der Waals surface area contributed by atoms with Gasteiger partial charge in [-0.05, 0) is 24.9 Å². The summed E-state index contributed by atoms with van der Waals surface area (Å²) >= 11 is 1.49. The lowest BCUT2D eigenvalue weighted by Crippen LogP contribution is -2.47. The molecule has 0 saturated heterocycles. The number of thioether (sulfide) groups is 1. The number of carbonyl (C=O) groups excluding carboxylic acids is 1. The van der Waals surface area contributed by atoms with Crippen molar-refractivity contribution in [3.8, 4) is 0 Å². The summed E-state index contributed by atoms with van der Waals surface area (Å²) in [6.45, 7) is 1.74. The van der Waals surface area contributed by atoms with Crippen molar-refractivity contribution in [1.82, 2.24) is 10.6 Å². The Hall–Kier alpha value is -0.960. The van der Waals surface area contributed by atoms with E-state index in [2.05, 4.69) is 10.6 Å². The summed E-state index contributed by atoms with van der Waals surface area (Å²) in [6.07, 6.45) is 2.69. The largest absolute Gasteiger partial charge is 0.480 e. The van der Waals surface area contributed by atoms with Gasteiger partial charge in [0.05, 0.1) is 5.75 Å². The molecule has 2 amide bonds. The van der Waals surface area contributed by atoms with Gasteiger partial charge in [-0.15, -0.1) is 0 Å². The van der Waals surface area contributed by atoms with Crippen molar-refractivity contribution < 1.29 is 23.1 Å².